The van der Waals surface area contributed by atoms with Gasteiger partial charge in [-0.25, -0.2) is 0 Å². The van der Waals surface area contributed by atoms with E-state index in [-0.39, 0.29) is 18.0 Å². The van der Waals surface area contributed by atoms with E-state index in [9.17, 15) is 4.79 Å². The molecule has 2 heterocycles. The number of nitriles is 1. The van der Waals surface area contributed by atoms with Gasteiger partial charge in [0.2, 0.25) is 5.91 Å². The maximum absolute atomic E-state index is 12.7. The third kappa shape index (κ3) is 2.59. The van der Waals surface area contributed by atoms with Gasteiger partial charge in [-0.05, 0) is 39.3 Å². The molecule has 1 fully saturated rings. The van der Waals surface area contributed by atoms with E-state index in [0.717, 1.165) is 18.5 Å². The second-order valence-corrected chi connectivity index (χ2v) is 6.06. The number of carbonyl (C=O) groups is 1. The van der Waals surface area contributed by atoms with Crippen LogP contribution in [0.1, 0.15) is 37.7 Å². The summed E-state index contributed by atoms with van der Waals surface area (Å²) in [7, 11) is 0. The Labute approximate surface area is 135 Å². The van der Waals surface area contributed by atoms with Crippen LogP contribution < -0.4 is 0 Å². The van der Waals surface area contributed by atoms with Gasteiger partial charge in [-0.3, -0.25) is 9.36 Å². The van der Waals surface area contributed by atoms with Gasteiger partial charge in [0.25, 0.3) is 0 Å². The Balaban J connectivity index is 2.03. The lowest BCUT2D eigenvalue weighted by atomic mass is 10.1. The topological polar surface area (TPSA) is 74.8 Å². The average Bonchev–Trinajstić information content (AvgIpc) is 3.10. The fourth-order valence-electron chi connectivity index (χ4n) is 3.11. The molecule has 6 nitrogen and oxygen atoms in total. The van der Waals surface area contributed by atoms with Crippen LogP contribution in [-0.2, 0) is 4.79 Å². The largest absolute Gasteiger partial charge is 0.338 e. The minimum atomic E-state index is -0.270. The van der Waals surface area contributed by atoms with Crippen molar-refractivity contribution in [2.75, 3.05) is 6.54 Å². The minimum Gasteiger partial charge on any atom is -0.338 e. The maximum Gasteiger partial charge on any atom is 0.246 e. The van der Waals surface area contributed by atoms with Crippen molar-refractivity contribution in [3.8, 4) is 17.5 Å². The second-order valence-electron chi connectivity index (χ2n) is 6.06. The van der Waals surface area contributed by atoms with Gasteiger partial charge in [0.15, 0.2) is 5.82 Å². The Morgan fingerprint density at radius 3 is 2.78 bits per heavy atom. The summed E-state index contributed by atoms with van der Waals surface area (Å²) in [6.45, 7) is 6.65. The third-order valence-electron chi connectivity index (χ3n) is 4.26. The lowest BCUT2D eigenvalue weighted by Gasteiger charge is -2.22. The highest BCUT2D eigenvalue weighted by atomic mass is 16.2. The van der Waals surface area contributed by atoms with Crippen LogP contribution >= 0.6 is 0 Å². The van der Waals surface area contributed by atoms with Gasteiger partial charge in [-0.2, -0.15) is 5.26 Å². The lowest BCUT2D eigenvalue weighted by Crippen LogP contribution is -2.34. The number of likely N-dealkylation sites (tertiary alicyclic amines) is 1. The minimum absolute atomic E-state index is 0.112. The van der Waals surface area contributed by atoms with E-state index in [2.05, 4.69) is 16.3 Å². The molecule has 23 heavy (non-hydrogen) atoms. The lowest BCUT2D eigenvalue weighted by molar-refractivity contribution is -0.131. The van der Waals surface area contributed by atoms with E-state index in [0.29, 0.717) is 17.2 Å². The zero-order chi connectivity index (χ0) is 16.6. The van der Waals surface area contributed by atoms with Crippen molar-refractivity contribution in [2.45, 2.75) is 39.3 Å². The molecule has 2 aromatic rings. The Kier molecular flexibility index (Phi) is 3.87. The summed E-state index contributed by atoms with van der Waals surface area (Å²) < 4.78 is 1.90. The predicted molar refractivity (Wildman–Crippen MR) is 85.4 cm³/mol. The number of nitrogens with zero attached hydrogens (tertiary/aromatic N) is 5. The van der Waals surface area contributed by atoms with Crippen molar-refractivity contribution in [3.05, 3.63) is 35.7 Å². The molecule has 1 aliphatic heterocycles. The molecule has 1 aromatic heterocycles. The molecule has 1 atom stereocenters. The number of aryl methyl sites for hydroxylation is 1. The number of aromatic nitrogens is 3. The van der Waals surface area contributed by atoms with E-state index in [1.807, 2.05) is 42.4 Å². The number of rotatable bonds is 3. The van der Waals surface area contributed by atoms with Crippen LogP contribution in [-0.4, -0.2) is 38.2 Å². The number of carbonyl (C=O) groups excluding carboxylic acids is 1. The summed E-state index contributed by atoms with van der Waals surface area (Å²) in [6.07, 6.45) is 0.751. The van der Waals surface area contributed by atoms with Crippen molar-refractivity contribution in [1.29, 1.82) is 5.26 Å². The van der Waals surface area contributed by atoms with Crippen LogP contribution in [0.2, 0.25) is 0 Å². The van der Waals surface area contributed by atoms with Gasteiger partial charge >= 0.3 is 0 Å². The van der Waals surface area contributed by atoms with Crippen molar-refractivity contribution < 1.29 is 4.79 Å². The van der Waals surface area contributed by atoms with Crippen LogP contribution in [0.25, 0.3) is 11.4 Å². The molecular formula is C17H19N5O. The maximum atomic E-state index is 12.7. The first-order valence-electron chi connectivity index (χ1n) is 7.75. The monoisotopic (exact) mass is 309 g/mol. The number of amides is 1. The fourth-order valence-corrected chi connectivity index (χ4v) is 3.11. The fraction of sp³-hybridized carbons (Fsp3) is 0.412. The summed E-state index contributed by atoms with van der Waals surface area (Å²) in [4.78, 5) is 14.6. The molecule has 1 aliphatic rings. The molecule has 0 N–H and O–H groups in total. The molecular weight excluding hydrogens is 290 g/mol. The van der Waals surface area contributed by atoms with E-state index in [1.54, 1.807) is 12.1 Å². The number of hydrogen-bond acceptors (Lipinski definition) is 4. The molecule has 0 unspecified atom stereocenters. The number of hydrogen-bond donors (Lipinski definition) is 0. The van der Waals surface area contributed by atoms with Gasteiger partial charge in [-0.15, -0.1) is 10.2 Å². The third-order valence-corrected chi connectivity index (χ3v) is 4.26. The van der Waals surface area contributed by atoms with Gasteiger partial charge in [0.05, 0.1) is 11.6 Å². The van der Waals surface area contributed by atoms with E-state index in [4.69, 9.17) is 5.26 Å². The molecule has 0 radical (unpaired) electrons. The number of benzene rings is 1. The molecule has 6 heteroatoms. The van der Waals surface area contributed by atoms with Crippen molar-refractivity contribution >= 4 is 5.91 Å². The zero-order valence-electron chi connectivity index (χ0n) is 13.5. The Morgan fingerprint density at radius 2 is 2.13 bits per heavy atom. The van der Waals surface area contributed by atoms with E-state index < -0.39 is 0 Å². The summed E-state index contributed by atoms with van der Waals surface area (Å²) >= 11 is 0. The van der Waals surface area contributed by atoms with Crippen LogP contribution in [0.5, 0.6) is 0 Å². The quantitative estimate of drug-likeness (QED) is 0.872. The first kappa shape index (κ1) is 15.2. The summed E-state index contributed by atoms with van der Waals surface area (Å²) in [5.41, 5.74) is 1.37. The SMILES string of the molecule is Cc1nnc(-c2cccc(C#N)c2)n1[C@H]1CCN(C(C)C)C1=O. The summed E-state index contributed by atoms with van der Waals surface area (Å²) in [6, 6.07) is 9.28. The molecule has 3 rings (SSSR count). The highest BCUT2D eigenvalue weighted by Gasteiger charge is 2.36. The highest BCUT2D eigenvalue weighted by molar-refractivity contribution is 5.83. The normalized spacial score (nSPS) is 17.8. The van der Waals surface area contributed by atoms with E-state index in [1.165, 1.54) is 0 Å². The Bertz CT molecular complexity index is 787. The van der Waals surface area contributed by atoms with Gasteiger partial charge < -0.3 is 4.90 Å². The molecule has 1 aromatic carbocycles. The smallest absolute Gasteiger partial charge is 0.246 e. The van der Waals surface area contributed by atoms with Gasteiger partial charge in [0.1, 0.15) is 11.9 Å². The molecule has 0 spiro atoms. The molecule has 0 aliphatic carbocycles. The molecule has 0 saturated carbocycles. The Hall–Kier alpha value is -2.68. The summed E-state index contributed by atoms with van der Waals surface area (Å²) in [5.74, 6) is 1.47. The standard InChI is InChI=1S/C17H19N5O/c1-11(2)21-8-7-15(17(21)23)22-12(3)19-20-16(22)14-6-4-5-13(9-14)10-18/h4-6,9,11,15H,7-8H2,1-3H3/t15-/m0/s1. The van der Waals surface area contributed by atoms with Crippen LogP contribution in [0.4, 0.5) is 0 Å². The molecule has 0 bridgehead atoms. The first-order chi connectivity index (χ1) is 11.0. The first-order valence-corrected chi connectivity index (χ1v) is 7.75. The van der Waals surface area contributed by atoms with Crippen LogP contribution in [0, 0.1) is 18.3 Å². The van der Waals surface area contributed by atoms with E-state index >= 15 is 0 Å². The van der Waals surface area contributed by atoms with Crippen molar-refractivity contribution in [3.63, 3.8) is 0 Å². The van der Waals surface area contributed by atoms with Crippen molar-refractivity contribution in [2.24, 2.45) is 0 Å². The second kappa shape index (κ2) is 5.84. The molecule has 1 saturated heterocycles. The van der Waals surface area contributed by atoms with Gasteiger partial charge in [-0.1, -0.05) is 12.1 Å². The summed E-state index contributed by atoms with van der Waals surface area (Å²) in [5, 5.41) is 17.5. The average molecular weight is 309 g/mol. The van der Waals surface area contributed by atoms with Gasteiger partial charge in [0, 0.05) is 18.2 Å². The van der Waals surface area contributed by atoms with Crippen LogP contribution in [0.15, 0.2) is 24.3 Å². The molecule has 1 amide bonds. The Morgan fingerprint density at radius 1 is 1.35 bits per heavy atom. The van der Waals surface area contributed by atoms with Crippen molar-refractivity contribution in [1.82, 2.24) is 19.7 Å². The predicted octanol–water partition coefficient (Wildman–Crippen LogP) is 2.31. The van der Waals surface area contributed by atoms with Crippen LogP contribution in [0.3, 0.4) is 0 Å². The highest BCUT2D eigenvalue weighted by Crippen LogP contribution is 2.30. The molecule has 118 valence electrons. The zero-order valence-corrected chi connectivity index (χ0v) is 13.5.